The minimum absolute atomic E-state index is 0.0651. The molecule has 2 aromatic carbocycles. The van der Waals surface area contributed by atoms with Gasteiger partial charge in [-0.05, 0) is 35.4 Å². The van der Waals surface area contributed by atoms with Gasteiger partial charge in [0, 0.05) is 0 Å². The molecule has 0 heterocycles. The average Bonchev–Trinajstić information content (AvgIpc) is 2.54. The summed E-state index contributed by atoms with van der Waals surface area (Å²) in [5.41, 5.74) is 0.591. The average molecular weight is 302 g/mol. The lowest BCUT2D eigenvalue weighted by atomic mass is 9.94. The smallest absolute Gasteiger partial charge is 0.342 e. The molecule has 0 aromatic heterocycles. The molecule has 0 aliphatic carbocycles. The normalized spacial score (nSPS) is 10.1. The number of carbonyl (C=O) groups excluding carboxylic acids is 2. The fourth-order valence-electron chi connectivity index (χ4n) is 2.10. The van der Waals surface area contributed by atoms with Crippen LogP contribution in [0.15, 0.2) is 36.4 Å². The Labute approximate surface area is 126 Å². The highest BCUT2D eigenvalue weighted by Crippen LogP contribution is 2.33. The summed E-state index contributed by atoms with van der Waals surface area (Å²) in [4.78, 5) is 24.0. The van der Waals surface area contributed by atoms with Crippen LogP contribution < -0.4 is 0 Å². The number of carbonyl (C=O) groups is 2. The molecule has 22 heavy (non-hydrogen) atoms. The molecule has 6 heteroatoms. The van der Waals surface area contributed by atoms with E-state index in [9.17, 15) is 19.8 Å². The maximum absolute atomic E-state index is 12.1. The van der Waals surface area contributed by atoms with Crippen molar-refractivity contribution < 1.29 is 29.3 Å². The third kappa shape index (κ3) is 2.71. The van der Waals surface area contributed by atoms with Crippen molar-refractivity contribution in [3.63, 3.8) is 0 Å². The minimum Gasteiger partial charge on any atom is -0.508 e. The second kappa shape index (κ2) is 6.17. The van der Waals surface area contributed by atoms with Gasteiger partial charge in [0.15, 0.2) is 0 Å². The number of hydrogen-bond donors (Lipinski definition) is 2. The van der Waals surface area contributed by atoms with Crippen LogP contribution in [0.2, 0.25) is 0 Å². The van der Waals surface area contributed by atoms with Gasteiger partial charge in [0.1, 0.15) is 17.1 Å². The number of methoxy groups -OCH3 is 2. The van der Waals surface area contributed by atoms with Crippen LogP contribution in [0.25, 0.3) is 11.1 Å². The van der Waals surface area contributed by atoms with Crippen LogP contribution in [0.4, 0.5) is 0 Å². The van der Waals surface area contributed by atoms with Crippen molar-refractivity contribution in [2.75, 3.05) is 14.2 Å². The van der Waals surface area contributed by atoms with E-state index in [4.69, 9.17) is 4.74 Å². The molecule has 0 fully saturated rings. The first kappa shape index (κ1) is 15.4. The summed E-state index contributed by atoms with van der Waals surface area (Å²) in [6.07, 6.45) is 0. The van der Waals surface area contributed by atoms with Crippen molar-refractivity contribution in [2.24, 2.45) is 0 Å². The third-order valence-electron chi connectivity index (χ3n) is 3.14. The molecule has 0 radical (unpaired) electrons. The van der Waals surface area contributed by atoms with E-state index in [2.05, 4.69) is 4.74 Å². The molecule has 0 amide bonds. The van der Waals surface area contributed by atoms with Crippen LogP contribution in [0, 0.1) is 0 Å². The van der Waals surface area contributed by atoms with E-state index in [0.717, 1.165) is 7.11 Å². The zero-order valence-corrected chi connectivity index (χ0v) is 12.0. The summed E-state index contributed by atoms with van der Waals surface area (Å²) in [7, 11) is 2.32. The topological polar surface area (TPSA) is 93.1 Å². The molecule has 0 bridgehead atoms. The van der Waals surface area contributed by atoms with Crippen molar-refractivity contribution in [1.82, 2.24) is 0 Å². The summed E-state index contributed by atoms with van der Waals surface area (Å²) in [6.45, 7) is 0. The highest BCUT2D eigenvalue weighted by atomic mass is 16.5. The van der Waals surface area contributed by atoms with Gasteiger partial charge in [-0.1, -0.05) is 12.1 Å². The molecular weight excluding hydrogens is 288 g/mol. The third-order valence-corrected chi connectivity index (χ3v) is 3.14. The van der Waals surface area contributed by atoms with E-state index in [1.807, 2.05) is 0 Å². The van der Waals surface area contributed by atoms with Crippen LogP contribution >= 0.6 is 0 Å². The second-order valence-electron chi connectivity index (χ2n) is 4.41. The Morgan fingerprint density at radius 1 is 0.818 bits per heavy atom. The minimum atomic E-state index is -0.849. The van der Waals surface area contributed by atoms with E-state index in [-0.39, 0.29) is 22.6 Å². The molecule has 6 nitrogen and oxygen atoms in total. The van der Waals surface area contributed by atoms with Crippen LogP contribution in [-0.4, -0.2) is 36.4 Å². The van der Waals surface area contributed by atoms with E-state index >= 15 is 0 Å². The molecule has 2 rings (SSSR count). The Bertz CT molecular complexity index is 718. The zero-order chi connectivity index (χ0) is 16.3. The summed E-state index contributed by atoms with van der Waals surface area (Å²) in [6, 6.07) is 8.83. The van der Waals surface area contributed by atoms with Crippen molar-refractivity contribution in [3.8, 4) is 22.6 Å². The molecule has 0 saturated carbocycles. The fraction of sp³-hybridized carbons (Fsp3) is 0.125. The first-order valence-corrected chi connectivity index (χ1v) is 6.31. The number of ether oxygens (including phenoxy) is 2. The lowest BCUT2D eigenvalue weighted by Gasteiger charge is -2.13. The van der Waals surface area contributed by atoms with E-state index in [0.29, 0.717) is 11.1 Å². The summed E-state index contributed by atoms with van der Waals surface area (Å²) in [5, 5.41) is 19.3. The number of phenolic OH excluding ortho intramolecular Hbond substituents is 2. The summed E-state index contributed by atoms with van der Waals surface area (Å²) < 4.78 is 9.32. The van der Waals surface area contributed by atoms with Gasteiger partial charge in [0.25, 0.3) is 0 Å². The number of rotatable bonds is 3. The number of aromatic hydroxyl groups is 2. The molecule has 2 aromatic rings. The van der Waals surface area contributed by atoms with Crippen LogP contribution in [0.5, 0.6) is 11.5 Å². The summed E-state index contributed by atoms with van der Waals surface area (Å²) >= 11 is 0. The van der Waals surface area contributed by atoms with Gasteiger partial charge in [-0.3, -0.25) is 0 Å². The Morgan fingerprint density at radius 2 is 1.36 bits per heavy atom. The quantitative estimate of drug-likeness (QED) is 0.845. The predicted octanol–water partition coefficient (Wildman–Crippen LogP) is 2.34. The van der Waals surface area contributed by atoms with Crippen molar-refractivity contribution >= 4 is 11.9 Å². The van der Waals surface area contributed by atoms with Gasteiger partial charge in [-0.15, -0.1) is 0 Å². The molecule has 0 saturated heterocycles. The Kier molecular flexibility index (Phi) is 4.31. The largest absolute Gasteiger partial charge is 0.508 e. The summed E-state index contributed by atoms with van der Waals surface area (Å²) in [5.74, 6) is -1.94. The Morgan fingerprint density at radius 3 is 1.91 bits per heavy atom. The molecular formula is C16H14O6. The van der Waals surface area contributed by atoms with Gasteiger partial charge in [-0.2, -0.15) is 0 Å². The van der Waals surface area contributed by atoms with Crippen LogP contribution in [0.3, 0.4) is 0 Å². The van der Waals surface area contributed by atoms with Crippen molar-refractivity contribution in [1.29, 1.82) is 0 Å². The standard InChI is InChI=1S/C16H14O6/c1-21-15(19)13-11(9-3-5-10(17)6-4-9)7-8-12(18)14(13)16(20)22-2/h3-8,17-18H,1-2H3. The highest BCUT2D eigenvalue weighted by Gasteiger charge is 2.26. The lowest BCUT2D eigenvalue weighted by molar-refractivity contribution is 0.0553. The second-order valence-corrected chi connectivity index (χ2v) is 4.41. The van der Waals surface area contributed by atoms with Crippen LogP contribution in [-0.2, 0) is 9.47 Å². The first-order valence-electron chi connectivity index (χ1n) is 6.31. The van der Waals surface area contributed by atoms with Gasteiger partial charge in [-0.25, -0.2) is 9.59 Å². The highest BCUT2D eigenvalue weighted by molar-refractivity contribution is 6.09. The van der Waals surface area contributed by atoms with Crippen LogP contribution in [0.1, 0.15) is 20.7 Å². The lowest BCUT2D eigenvalue weighted by Crippen LogP contribution is -2.13. The number of phenols is 2. The molecule has 0 aliphatic rings. The molecule has 0 aliphatic heterocycles. The van der Waals surface area contributed by atoms with Crippen molar-refractivity contribution in [2.45, 2.75) is 0 Å². The molecule has 114 valence electrons. The van der Waals surface area contributed by atoms with Gasteiger partial charge in [0.05, 0.1) is 19.8 Å². The van der Waals surface area contributed by atoms with E-state index < -0.39 is 11.9 Å². The molecule has 0 unspecified atom stereocenters. The van der Waals surface area contributed by atoms with Gasteiger partial charge < -0.3 is 19.7 Å². The van der Waals surface area contributed by atoms with E-state index in [1.54, 1.807) is 12.1 Å². The molecule has 0 spiro atoms. The Balaban J connectivity index is 2.76. The number of hydrogen-bond acceptors (Lipinski definition) is 6. The number of benzene rings is 2. The SMILES string of the molecule is COC(=O)c1c(O)ccc(-c2ccc(O)cc2)c1C(=O)OC. The first-order chi connectivity index (χ1) is 10.5. The fourth-order valence-corrected chi connectivity index (χ4v) is 2.10. The maximum Gasteiger partial charge on any atom is 0.342 e. The van der Waals surface area contributed by atoms with Crippen molar-refractivity contribution in [3.05, 3.63) is 47.5 Å². The Hall–Kier alpha value is -3.02. The zero-order valence-electron chi connectivity index (χ0n) is 12.0. The monoisotopic (exact) mass is 302 g/mol. The number of esters is 2. The van der Waals surface area contributed by atoms with E-state index in [1.165, 1.54) is 31.4 Å². The maximum atomic E-state index is 12.1. The molecule has 0 atom stereocenters. The van der Waals surface area contributed by atoms with Gasteiger partial charge >= 0.3 is 11.9 Å². The molecule has 2 N–H and O–H groups in total. The van der Waals surface area contributed by atoms with Gasteiger partial charge in [0.2, 0.25) is 0 Å². The predicted molar refractivity (Wildman–Crippen MR) is 77.9 cm³/mol.